The van der Waals surface area contributed by atoms with Gasteiger partial charge in [-0.05, 0) is 40.8 Å². The average Bonchev–Trinajstić information content (AvgIpc) is 2.82. The lowest BCUT2D eigenvalue weighted by Crippen LogP contribution is -2.12. The van der Waals surface area contributed by atoms with Gasteiger partial charge in [0, 0.05) is 5.39 Å². The van der Waals surface area contributed by atoms with E-state index in [9.17, 15) is 13.4 Å². The number of hydrogen-bond donors (Lipinski definition) is 0. The summed E-state index contributed by atoms with van der Waals surface area (Å²) in [5, 5.41) is 1.18. The Kier molecular flexibility index (Phi) is 6.61. The van der Waals surface area contributed by atoms with E-state index in [4.69, 9.17) is 9.39 Å². The smallest absolute Gasteiger partial charge is 0.504 e. The first-order chi connectivity index (χ1) is 15.6. The van der Waals surface area contributed by atoms with Crippen LogP contribution >= 0.6 is 0 Å². The molecule has 158 valence electrons. The zero-order valence-corrected chi connectivity index (χ0v) is 17.1. The number of ketones is 1. The van der Waals surface area contributed by atoms with Crippen molar-refractivity contribution in [1.82, 2.24) is 0 Å². The van der Waals surface area contributed by atoms with Crippen molar-refractivity contribution in [3.05, 3.63) is 114 Å². The summed E-state index contributed by atoms with van der Waals surface area (Å²) < 4.78 is 36.4. The van der Waals surface area contributed by atoms with E-state index in [1.807, 2.05) is 54.6 Å². The van der Waals surface area contributed by atoms with E-state index in [2.05, 4.69) is 0 Å². The fourth-order valence-corrected chi connectivity index (χ4v) is 3.33. The quantitative estimate of drug-likeness (QED) is 0.180. The van der Waals surface area contributed by atoms with Gasteiger partial charge in [0.05, 0.1) is 5.56 Å². The van der Waals surface area contributed by atoms with E-state index < -0.39 is 13.3 Å². The van der Waals surface area contributed by atoms with Gasteiger partial charge in [-0.2, -0.15) is 0 Å². The molecule has 0 aliphatic carbocycles. The van der Waals surface area contributed by atoms with Crippen LogP contribution in [0.25, 0.3) is 16.8 Å². The number of carbonyl (C=O) groups is 1. The second kappa shape index (κ2) is 9.92. The molecule has 32 heavy (non-hydrogen) atoms. The number of carbonyl (C=O) groups excluding carboxylic acids is 1. The molecule has 3 nitrogen and oxygen atoms in total. The number of rotatable bonds is 8. The third-order valence-corrected chi connectivity index (χ3v) is 4.91. The Balaban J connectivity index is 1.49. The minimum atomic E-state index is -3.03. The van der Waals surface area contributed by atoms with Crippen molar-refractivity contribution in [3.8, 4) is 11.5 Å². The highest BCUT2D eigenvalue weighted by atomic mass is 19.2. The second-order valence-corrected chi connectivity index (χ2v) is 7.08. The first-order valence-corrected chi connectivity index (χ1v) is 10.1. The Hall–Kier alpha value is -3.93. The summed E-state index contributed by atoms with van der Waals surface area (Å²) in [5.41, 5.74) is 1.94. The molecule has 0 bridgehead atoms. The van der Waals surface area contributed by atoms with Crippen molar-refractivity contribution in [1.29, 1.82) is 0 Å². The monoisotopic (exact) mass is 428 g/mol. The predicted octanol–water partition coefficient (Wildman–Crippen LogP) is 6.62. The fraction of sp³-hybridized carbons (Fsp3) is 0.0385. The molecular weight excluding hydrogens is 409 g/mol. The molecule has 4 aromatic carbocycles. The van der Waals surface area contributed by atoms with E-state index in [0.29, 0.717) is 17.7 Å². The third kappa shape index (κ3) is 5.21. The van der Waals surface area contributed by atoms with Crippen molar-refractivity contribution in [3.63, 3.8) is 0 Å². The molecule has 0 N–H and O–H groups in total. The van der Waals surface area contributed by atoms with Crippen LogP contribution in [-0.2, 0) is 6.61 Å². The van der Waals surface area contributed by atoms with Crippen molar-refractivity contribution in [2.24, 2.45) is 0 Å². The summed E-state index contributed by atoms with van der Waals surface area (Å²) in [6.07, 6.45) is 2.98. The standard InChI is InChI=1S/C26H19BF2O3/c28-27(29)32-26-23-9-5-4-8-21(23)13-16-24(26)25(30)17-12-19-10-14-22(15-11-19)31-18-20-6-2-1-3-7-20/h1-17H,18H2/b17-12+. The van der Waals surface area contributed by atoms with Crippen LogP contribution in [0.5, 0.6) is 11.5 Å². The SMILES string of the molecule is O=C(/C=C/c1ccc(OCc2ccccc2)cc1)c1ccc2ccccc2c1OB(F)F. The Morgan fingerprint density at radius 2 is 1.56 bits per heavy atom. The summed E-state index contributed by atoms with van der Waals surface area (Å²) in [4.78, 5) is 12.8. The van der Waals surface area contributed by atoms with Gasteiger partial charge in [-0.25, -0.2) is 8.63 Å². The second-order valence-electron chi connectivity index (χ2n) is 7.08. The van der Waals surface area contributed by atoms with Crippen LogP contribution < -0.4 is 9.39 Å². The first kappa shape index (κ1) is 21.3. The predicted molar refractivity (Wildman–Crippen MR) is 123 cm³/mol. The highest BCUT2D eigenvalue weighted by molar-refractivity contribution is 6.36. The van der Waals surface area contributed by atoms with Gasteiger partial charge in [0.2, 0.25) is 0 Å². The van der Waals surface area contributed by atoms with Gasteiger partial charge in [-0.3, -0.25) is 4.79 Å². The van der Waals surface area contributed by atoms with Gasteiger partial charge in [-0.1, -0.05) is 78.9 Å². The maximum Gasteiger partial charge on any atom is 0.796 e. The van der Waals surface area contributed by atoms with E-state index in [0.717, 1.165) is 16.5 Å². The molecule has 0 atom stereocenters. The molecular formula is C26H19BF2O3. The molecule has 0 aromatic heterocycles. The lowest BCUT2D eigenvalue weighted by Gasteiger charge is -2.11. The molecule has 0 heterocycles. The third-order valence-electron chi connectivity index (χ3n) is 4.91. The Morgan fingerprint density at radius 1 is 0.844 bits per heavy atom. The minimum Gasteiger partial charge on any atom is -0.504 e. The van der Waals surface area contributed by atoms with Crippen LogP contribution in [0, 0.1) is 0 Å². The highest BCUT2D eigenvalue weighted by Crippen LogP contribution is 2.31. The molecule has 0 fully saturated rings. The van der Waals surface area contributed by atoms with Crippen LogP contribution in [0.4, 0.5) is 8.63 Å². The molecule has 0 aliphatic heterocycles. The molecule has 0 radical (unpaired) electrons. The van der Waals surface area contributed by atoms with Gasteiger partial charge in [0.25, 0.3) is 0 Å². The zero-order valence-electron chi connectivity index (χ0n) is 17.1. The first-order valence-electron chi connectivity index (χ1n) is 10.1. The van der Waals surface area contributed by atoms with Gasteiger partial charge in [-0.15, -0.1) is 0 Å². The fourth-order valence-electron chi connectivity index (χ4n) is 3.33. The molecule has 0 amide bonds. The number of benzene rings is 4. The summed E-state index contributed by atoms with van der Waals surface area (Å²) in [6.45, 7) is 0.462. The number of hydrogen-bond acceptors (Lipinski definition) is 3. The number of allylic oxidation sites excluding steroid dienone is 1. The van der Waals surface area contributed by atoms with Gasteiger partial charge < -0.3 is 9.39 Å². The summed E-state index contributed by atoms with van der Waals surface area (Å²) in [7, 11) is -3.03. The maximum absolute atomic E-state index is 13.0. The lowest BCUT2D eigenvalue weighted by atomic mass is 10.0. The highest BCUT2D eigenvalue weighted by Gasteiger charge is 2.23. The molecule has 0 unspecified atom stereocenters. The maximum atomic E-state index is 13.0. The molecule has 0 aliphatic rings. The van der Waals surface area contributed by atoms with E-state index in [-0.39, 0.29) is 11.3 Å². The minimum absolute atomic E-state index is 0.0862. The molecule has 4 rings (SSSR count). The van der Waals surface area contributed by atoms with Gasteiger partial charge >= 0.3 is 7.47 Å². The molecule has 0 spiro atoms. The topological polar surface area (TPSA) is 35.5 Å². The zero-order chi connectivity index (χ0) is 22.3. The number of ether oxygens (including phenoxy) is 1. The van der Waals surface area contributed by atoms with Crippen molar-refractivity contribution < 1.29 is 22.8 Å². The Labute approximate surface area is 185 Å². The van der Waals surface area contributed by atoms with Crippen LogP contribution in [-0.4, -0.2) is 13.3 Å². The van der Waals surface area contributed by atoms with Crippen LogP contribution in [0.3, 0.4) is 0 Å². The number of fused-ring (bicyclic) bond motifs is 1. The van der Waals surface area contributed by atoms with Crippen molar-refractivity contribution in [2.45, 2.75) is 6.61 Å². The van der Waals surface area contributed by atoms with Crippen LogP contribution in [0.1, 0.15) is 21.5 Å². The summed E-state index contributed by atoms with van der Waals surface area (Å²) >= 11 is 0. The van der Waals surface area contributed by atoms with E-state index in [1.54, 1.807) is 36.4 Å². The Morgan fingerprint density at radius 3 is 2.31 bits per heavy atom. The molecule has 4 aromatic rings. The molecule has 0 saturated heterocycles. The lowest BCUT2D eigenvalue weighted by molar-refractivity contribution is 0.104. The average molecular weight is 428 g/mol. The van der Waals surface area contributed by atoms with E-state index in [1.165, 1.54) is 12.1 Å². The van der Waals surface area contributed by atoms with Crippen molar-refractivity contribution in [2.75, 3.05) is 0 Å². The largest absolute Gasteiger partial charge is 0.796 e. The van der Waals surface area contributed by atoms with Crippen LogP contribution in [0.15, 0.2) is 97.1 Å². The van der Waals surface area contributed by atoms with Crippen molar-refractivity contribution >= 4 is 30.1 Å². The van der Waals surface area contributed by atoms with E-state index >= 15 is 0 Å². The Bertz CT molecular complexity index is 1240. The summed E-state index contributed by atoms with van der Waals surface area (Å²) in [6, 6.07) is 27.3. The summed E-state index contributed by atoms with van der Waals surface area (Å²) in [5.74, 6) is 0.174. The molecule has 6 heteroatoms. The van der Waals surface area contributed by atoms with Gasteiger partial charge in [0.1, 0.15) is 18.1 Å². The van der Waals surface area contributed by atoms with Gasteiger partial charge in [0.15, 0.2) is 5.78 Å². The molecule has 0 saturated carbocycles. The number of halogens is 2. The normalized spacial score (nSPS) is 10.9. The van der Waals surface area contributed by atoms with Crippen LogP contribution in [0.2, 0.25) is 0 Å².